The van der Waals surface area contributed by atoms with Crippen LogP contribution in [0, 0.1) is 5.82 Å². The molecule has 0 saturated heterocycles. The summed E-state index contributed by atoms with van der Waals surface area (Å²) >= 11 is 0. The van der Waals surface area contributed by atoms with Gasteiger partial charge in [-0.2, -0.15) is 0 Å². The van der Waals surface area contributed by atoms with E-state index in [0.29, 0.717) is 12.1 Å². The van der Waals surface area contributed by atoms with Gasteiger partial charge in [-0.05, 0) is 51.2 Å². The van der Waals surface area contributed by atoms with Crippen LogP contribution in [-0.2, 0) is 16.6 Å². The molecule has 1 aromatic carbocycles. The average Bonchev–Trinajstić information content (AvgIpc) is 2.37. The molecule has 0 fully saturated rings. The summed E-state index contributed by atoms with van der Waals surface area (Å²) in [5.41, 5.74) is 5.90. The number of hydrogen-bond donors (Lipinski definition) is 2. The first-order valence-corrected chi connectivity index (χ1v) is 7.98. The van der Waals surface area contributed by atoms with Crippen molar-refractivity contribution in [2.75, 3.05) is 27.2 Å². The first-order chi connectivity index (χ1) is 9.36. The van der Waals surface area contributed by atoms with Crippen LogP contribution in [0.3, 0.4) is 0 Å². The molecule has 0 radical (unpaired) electrons. The summed E-state index contributed by atoms with van der Waals surface area (Å²) in [5.74, 6) is -0.588. The first-order valence-electron chi connectivity index (χ1n) is 6.49. The molecule has 0 aromatic heterocycles. The molecule has 0 heterocycles. The van der Waals surface area contributed by atoms with E-state index in [1.807, 2.05) is 19.0 Å². The Morgan fingerprint density at radius 2 is 2.00 bits per heavy atom. The maximum Gasteiger partial charge on any atom is 0.240 e. The number of rotatable bonds is 8. The highest BCUT2D eigenvalue weighted by Crippen LogP contribution is 2.16. The molecule has 3 N–H and O–H groups in total. The second-order valence-electron chi connectivity index (χ2n) is 4.86. The Bertz CT molecular complexity index is 532. The van der Waals surface area contributed by atoms with Gasteiger partial charge in [-0.1, -0.05) is 6.07 Å². The Hall–Kier alpha value is -1.02. The lowest BCUT2D eigenvalue weighted by molar-refractivity contribution is 0.394. The Morgan fingerprint density at radius 3 is 2.60 bits per heavy atom. The van der Waals surface area contributed by atoms with Crippen molar-refractivity contribution in [3.05, 3.63) is 29.6 Å². The van der Waals surface area contributed by atoms with E-state index in [4.69, 9.17) is 5.73 Å². The molecule has 0 aliphatic rings. The topological polar surface area (TPSA) is 75.4 Å². The van der Waals surface area contributed by atoms with Gasteiger partial charge in [-0.3, -0.25) is 0 Å². The zero-order valence-corrected chi connectivity index (χ0v) is 12.7. The molecule has 0 aliphatic carbocycles. The fraction of sp³-hybridized carbons (Fsp3) is 0.538. The van der Waals surface area contributed by atoms with E-state index in [1.165, 1.54) is 12.1 Å². The zero-order valence-electron chi connectivity index (χ0n) is 11.9. The number of benzene rings is 1. The number of unbranched alkanes of at least 4 members (excludes halogenated alkanes) is 1. The maximum absolute atomic E-state index is 13.2. The van der Waals surface area contributed by atoms with Gasteiger partial charge in [-0.25, -0.2) is 17.5 Å². The van der Waals surface area contributed by atoms with E-state index >= 15 is 0 Å². The molecule has 0 bridgehead atoms. The van der Waals surface area contributed by atoms with Gasteiger partial charge in [0.15, 0.2) is 0 Å². The van der Waals surface area contributed by atoms with Crippen molar-refractivity contribution >= 4 is 10.0 Å². The van der Waals surface area contributed by atoms with E-state index in [9.17, 15) is 12.8 Å². The van der Waals surface area contributed by atoms with Crippen LogP contribution in [0.15, 0.2) is 23.1 Å². The predicted molar refractivity (Wildman–Crippen MR) is 77.3 cm³/mol. The Morgan fingerprint density at radius 1 is 1.30 bits per heavy atom. The minimum atomic E-state index is -3.71. The number of nitrogens with two attached hydrogens (primary N) is 1. The number of nitrogens with zero attached hydrogens (tertiary/aromatic N) is 1. The second-order valence-corrected chi connectivity index (χ2v) is 6.60. The molecule has 20 heavy (non-hydrogen) atoms. The van der Waals surface area contributed by atoms with Gasteiger partial charge < -0.3 is 10.6 Å². The summed E-state index contributed by atoms with van der Waals surface area (Å²) in [4.78, 5) is 1.96. The quantitative estimate of drug-likeness (QED) is 0.700. The lowest BCUT2D eigenvalue weighted by Crippen LogP contribution is -2.27. The van der Waals surface area contributed by atoms with E-state index in [1.54, 1.807) is 0 Å². The van der Waals surface area contributed by atoms with Gasteiger partial charge in [0.2, 0.25) is 10.0 Å². The van der Waals surface area contributed by atoms with Crippen molar-refractivity contribution < 1.29 is 12.8 Å². The summed E-state index contributed by atoms with van der Waals surface area (Å²) in [6.07, 6.45) is 1.62. The molecular formula is C13H22FN3O2S. The summed E-state index contributed by atoms with van der Waals surface area (Å²) in [6, 6.07) is 3.61. The molecule has 7 heteroatoms. The van der Waals surface area contributed by atoms with Crippen molar-refractivity contribution in [1.82, 2.24) is 9.62 Å². The number of hydrogen-bond acceptors (Lipinski definition) is 4. The molecule has 0 amide bonds. The summed E-state index contributed by atoms with van der Waals surface area (Å²) in [5, 5.41) is 0. The van der Waals surface area contributed by atoms with E-state index in [2.05, 4.69) is 4.72 Å². The first kappa shape index (κ1) is 17.0. The van der Waals surface area contributed by atoms with E-state index in [-0.39, 0.29) is 11.4 Å². The molecule has 0 spiro atoms. The highest BCUT2D eigenvalue weighted by atomic mass is 32.2. The van der Waals surface area contributed by atoms with Crippen LogP contribution in [0.4, 0.5) is 4.39 Å². The minimum Gasteiger partial charge on any atom is -0.326 e. The van der Waals surface area contributed by atoms with Crippen LogP contribution < -0.4 is 10.5 Å². The molecule has 114 valence electrons. The lowest BCUT2D eigenvalue weighted by atomic mass is 10.2. The molecule has 1 rings (SSSR count). The fourth-order valence-corrected chi connectivity index (χ4v) is 3.12. The highest BCUT2D eigenvalue weighted by Gasteiger charge is 2.18. The Balaban J connectivity index is 2.67. The third-order valence-electron chi connectivity index (χ3n) is 2.86. The van der Waals surface area contributed by atoms with Crippen molar-refractivity contribution in [3.63, 3.8) is 0 Å². The molecule has 0 saturated carbocycles. The molecule has 0 atom stereocenters. The maximum atomic E-state index is 13.2. The number of nitrogens with one attached hydrogen (secondary N) is 1. The van der Waals surface area contributed by atoms with Crippen LogP contribution >= 0.6 is 0 Å². The lowest BCUT2D eigenvalue weighted by Gasteiger charge is -2.12. The summed E-state index contributed by atoms with van der Waals surface area (Å²) < 4.78 is 39.9. The minimum absolute atomic E-state index is 0.0527. The Labute approximate surface area is 120 Å². The molecule has 5 nitrogen and oxygen atoms in total. The number of halogens is 1. The van der Waals surface area contributed by atoms with Gasteiger partial charge >= 0.3 is 0 Å². The molecule has 1 aromatic rings. The number of sulfonamides is 1. The predicted octanol–water partition coefficient (Wildman–Crippen LogP) is 0.905. The van der Waals surface area contributed by atoms with Gasteiger partial charge in [-0.15, -0.1) is 0 Å². The van der Waals surface area contributed by atoms with Crippen molar-refractivity contribution in [2.24, 2.45) is 5.73 Å². The summed E-state index contributed by atoms with van der Waals surface area (Å²) in [7, 11) is 0.216. The summed E-state index contributed by atoms with van der Waals surface area (Å²) in [6.45, 7) is 1.28. The zero-order chi connectivity index (χ0) is 15.2. The normalized spacial score (nSPS) is 12.1. The van der Waals surface area contributed by atoms with Gasteiger partial charge in [0.05, 0.1) is 4.90 Å². The van der Waals surface area contributed by atoms with Gasteiger partial charge in [0.1, 0.15) is 5.82 Å². The van der Waals surface area contributed by atoms with Crippen molar-refractivity contribution in [2.45, 2.75) is 24.3 Å². The third kappa shape index (κ3) is 5.16. The monoisotopic (exact) mass is 303 g/mol. The van der Waals surface area contributed by atoms with Gasteiger partial charge in [0, 0.05) is 13.1 Å². The van der Waals surface area contributed by atoms with Crippen LogP contribution in [0.2, 0.25) is 0 Å². The largest absolute Gasteiger partial charge is 0.326 e. The SMILES string of the molecule is CN(C)CCCCNS(=O)(=O)c1cc(F)ccc1CN. The average molecular weight is 303 g/mol. The third-order valence-corrected chi connectivity index (χ3v) is 4.41. The van der Waals surface area contributed by atoms with Crippen LogP contribution in [0.25, 0.3) is 0 Å². The van der Waals surface area contributed by atoms with Gasteiger partial charge in [0.25, 0.3) is 0 Å². The van der Waals surface area contributed by atoms with Crippen LogP contribution in [-0.4, -0.2) is 40.5 Å². The van der Waals surface area contributed by atoms with Crippen molar-refractivity contribution in [3.8, 4) is 0 Å². The molecule has 0 unspecified atom stereocenters. The highest BCUT2D eigenvalue weighted by molar-refractivity contribution is 7.89. The molecular weight excluding hydrogens is 281 g/mol. The van der Waals surface area contributed by atoms with E-state index < -0.39 is 15.8 Å². The molecule has 0 aliphatic heterocycles. The van der Waals surface area contributed by atoms with Crippen LogP contribution in [0.5, 0.6) is 0 Å². The van der Waals surface area contributed by atoms with Crippen LogP contribution in [0.1, 0.15) is 18.4 Å². The van der Waals surface area contributed by atoms with Crippen molar-refractivity contribution in [1.29, 1.82) is 0 Å². The fourth-order valence-electron chi connectivity index (χ4n) is 1.78. The van der Waals surface area contributed by atoms with E-state index in [0.717, 1.165) is 25.5 Å². The Kier molecular flexibility index (Phi) is 6.54. The smallest absolute Gasteiger partial charge is 0.240 e. The second kappa shape index (κ2) is 7.68. The standard InChI is InChI=1S/C13H22FN3O2S/c1-17(2)8-4-3-7-16-20(18,19)13-9-12(14)6-5-11(13)10-15/h5-6,9,16H,3-4,7-8,10,15H2,1-2H3.